The summed E-state index contributed by atoms with van der Waals surface area (Å²) in [5.74, 6) is -2.51. The summed E-state index contributed by atoms with van der Waals surface area (Å²) in [6.07, 6.45) is -0.557. The van der Waals surface area contributed by atoms with E-state index in [9.17, 15) is 19.2 Å². The SMILES string of the molecule is O=C(ON1C(=O)c2ccccc2C1=O)C1Cc2ccccc2N1C(=O)OCC1c2ccccc2-c2ccccc21. The van der Waals surface area contributed by atoms with E-state index in [-0.39, 0.29) is 30.1 Å². The summed E-state index contributed by atoms with van der Waals surface area (Å²) in [5.41, 5.74) is 5.93. The Morgan fingerprint density at radius 3 is 1.85 bits per heavy atom. The van der Waals surface area contributed by atoms with Gasteiger partial charge >= 0.3 is 12.1 Å². The first-order chi connectivity index (χ1) is 19.5. The lowest BCUT2D eigenvalue weighted by Crippen LogP contribution is -2.47. The maximum Gasteiger partial charge on any atom is 0.415 e. The van der Waals surface area contributed by atoms with Crippen molar-refractivity contribution in [2.75, 3.05) is 11.5 Å². The molecule has 0 N–H and O–H groups in total. The Morgan fingerprint density at radius 1 is 0.700 bits per heavy atom. The van der Waals surface area contributed by atoms with Crippen LogP contribution in [0.15, 0.2) is 97.1 Å². The molecule has 0 fully saturated rings. The van der Waals surface area contributed by atoms with Crippen molar-refractivity contribution in [1.82, 2.24) is 5.06 Å². The largest absolute Gasteiger partial charge is 0.448 e. The van der Waals surface area contributed by atoms with Crippen LogP contribution in [0.5, 0.6) is 0 Å². The van der Waals surface area contributed by atoms with E-state index in [4.69, 9.17) is 9.57 Å². The van der Waals surface area contributed by atoms with Gasteiger partial charge in [-0.1, -0.05) is 83.9 Å². The molecule has 0 saturated heterocycles. The molecule has 7 rings (SSSR count). The molecular weight excluding hydrogens is 508 g/mol. The quantitative estimate of drug-likeness (QED) is 0.340. The van der Waals surface area contributed by atoms with Gasteiger partial charge in [0.25, 0.3) is 11.8 Å². The minimum atomic E-state index is -1.11. The van der Waals surface area contributed by atoms with Crippen molar-refractivity contribution < 1.29 is 28.8 Å². The van der Waals surface area contributed by atoms with Crippen LogP contribution in [0, 0.1) is 0 Å². The Hall–Kier alpha value is -5.24. The van der Waals surface area contributed by atoms with Gasteiger partial charge in [0.05, 0.1) is 16.8 Å². The van der Waals surface area contributed by atoms with E-state index in [2.05, 4.69) is 12.1 Å². The Balaban J connectivity index is 1.13. The molecule has 1 aliphatic carbocycles. The van der Waals surface area contributed by atoms with Crippen LogP contribution >= 0.6 is 0 Å². The summed E-state index contributed by atoms with van der Waals surface area (Å²) < 4.78 is 5.86. The average molecular weight is 531 g/mol. The van der Waals surface area contributed by atoms with E-state index in [1.54, 1.807) is 24.3 Å². The van der Waals surface area contributed by atoms with E-state index in [1.807, 2.05) is 48.5 Å². The Morgan fingerprint density at radius 2 is 1.23 bits per heavy atom. The van der Waals surface area contributed by atoms with Crippen molar-refractivity contribution in [3.05, 3.63) is 125 Å². The molecule has 4 aromatic rings. The third-order valence-electron chi connectivity index (χ3n) is 7.72. The fourth-order valence-electron chi connectivity index (χ4n) is 5.86. The third-order valence-corrected chi connectivity index (χ3v) is 7.72. The van der Waals surface area contributed by atoms with Gasteiger partial charge in [0.15, 0.2) is 0 Å². The number of benzene rings is 4. The number of fused-ring (bicyclic) bond motifs is 5. The van der Waals surface area contributed by atoms with E-state index < -0.39 is 29.9 Å². The fraction of sp³-hybridized carbons (Fsp3) is 0.125. The van der Waals surface area contributed by atoms with Crippen molar-refractivity contribution in [2.45, 2.75) is 18.4 Å². The molecule has 196 valence electrons. The zero-order chi connectivity index (χ0) is 27.4. The van der Waals surface area contributed by atoms with Crippen LogP contribution in [0.2, 0.25) is 0 Å². The Kier molecular flexibility index (Phi) is 5.48. The molecule has 3 amide bonds. The number of imide groups is 1. The molecule has 8 nitrogen and oxygen atoms in total. The second kappa shape index (κ2) is 9.20. The van der Waals surface area contributed by atoms with Crippen LogP contribution in [0.4, 0.5) is 10.5 Å². The van der Waals surface area contributed by atoms with Crippen LogP contribution in [-0.2, 0) is 20.8 Å². The highest BCUT2D eigenvalue weighted by Crippen LogP contribution is 2.45. The van der Waals surface area contributed by atoms with Gasteiger partial charge in [-0.3, -0.25) is 14.5 Å². The summed E-state index contributed by atoms with van der Waals surface area (Å²) >= 11 is 0. The van der Waals surface area contributed by atoms with Crippen molar-refractivity contribution in [2.24, 2.45) is 0 Å². The highest BCUT2D eigenvalue weighted by molar-refractivity contribution is 6.21. The lowest BCUT2D eigenvalue weighted by Gasteiger charge is -2.25. The molecule has 8 heteroatoms. The second-order valence-corrected chi connectivity index (χ2v) is 9.88. The summed E-state index contributed by atoms with van der Waals surface area (Å²) in [4.78, 5) is 59.1. The molecule has 0 spiro atoms. The molecule has 0 saturated carbocycles. The Labute approximate surface area is 229 Å². The summed E-state index contributed by atoms with van der Waals surface area (Å²) in [5, 5.41) is 0.464. The standard InChI is InChI=1S/C32H22N2O6/c35-29-24-14-6-7-15-25(24)30(36)34(29)40-31(37)28-17-19-9-1-8-16-27(19)33(28)32(38)39-18-26-22-12-4-2-10-20(22)21-11-3-5-13-23(21)26/h1-16,26,28H,17-18H2. The predicted octanol–water partition coefficient (Wildman–Crippen LogP) is 5.12. The number of hydroxylamine groups is 2. The molecule has 1 unspecified atom stereocenters. The molecule has 3 aliphatic rings. The number of ether oxygens (including phenoxy) is 1. The molecule has 0 aromatic heterocycles. The number of amides is 3. The number of hydrogen-bond acceptors (Lipinski definition) is 6. The maximum absolute atomic E-state index is 13.6. The lowest BCUT2D eigenvalue weighted by atomic mass is 9.98. The average Bonchev–Trinajstić information content (AvgIpc) is 3.61. The minimum absolute atomic E-state index is 0.0751. The third kappa shape index (κ3) is 3.60. The van der Waals surface area contributed by atoms with Gasteiger partial charge in [0.1, 0.15) is 12.6 Å². The van der Waals surface area contributed by atoms with Crippen LogP contribution in [-0.4, -0.2) is 41.6 Å². The zero-order valence-corrected chi connectivity index (χ0v) is 21.2. The van der Waals surface area contributed by atoms with Crippen molar-refractivity contribution in [1.29, 1.82) is 0 Å². The van der Waals surface area contributed by atoms with Gasteiger partial charge in [0, 0.05) is 12.3 Å². The van der Waals surface area contributed by atoms with Crippen LogP contribution in [0.3, 0.4) is 0 Å². The van der Waals surface area contributed by atoms with Gasteiger partial charge in [-0.25, -0.2) is 9.59 Å². The highest BCUT2D eigenvalue weighted by Gasteiger charge is 2.45. The molecule has 40 heavy (non-hydrogen) atoms. The number of hydrogen-bond donors (Lipinski definition) is 0. The topological polar surface area (TPSA) is 93.2 Å². The van der Waals surface area contributed by atoms with Crippen molar-refractivity contribution in [3.63, 3.8) is 0 Å². The maximum atomic E-state index is 13.6. The number of nitrogens with zero attached hydrogens (tertiary/aromatic N) is 2. The highest BCUT2D eigenvalue weighted by atomic mass is 16.7. The van der Waals surface area contributed by atoms with E-state index in [1.165, 1.54) is 17.0 Å². The van der Waals surface area contributed by atoms with Gasteiger partial charge in [-0.15, -0.1) is 0 Å². The van der Waals surface area contributed by atoms with Crippen LogP contribution in [0.1, 0.15) is 43.3 Å². The number of carbonyl (C=O) groups is 4. The monoisotopic (exact) mass is 530 g/mol. The molecule has 1 atom stereocenters. The predicted molar refractivity (Wildman–Crippen MR) is 145 cm³/mol. The summed E-state index contributed by atoms with van der Waals surface area (Å²) in [6.45, 7) is 0.0751. The van der Waals surface area contributed by atoms with Crippen molar-refractivity contribution >= 4 is 29.6 Å². The zero-order valence-electron chi connectivity index (χ0n) is 21.2. The number of anilines is 1. The minimum Gasteiger partial charge on any atom is -0.448 e. The summed E-state index contributed by atoms with van der Waals surface area (Å²) in [6, 6.07) is 28.3. The molecule has 0 bridgehead atoms. The smallest absolute Gasteiger partial charge is 0.415 e. The Bertz CT molecular complexity index is 1650. The molecule has 2 heterocycles. The first-order valence-corrected chi connectivity index (χ1v) is 12.9. The van der Waals surface area contributed by atoms with Gasteiger partial charge in [-0.05, 0) is 46.0 Å². The van der Waals surface area contributed by atoms with Gasteiger partial charge < -0.3 is 9.57 Å². The van der Waals surface area contributed by atoms with Gasteiger partial charge in [-0.2, -0.15) is 0 Å². The molecule has 2 aliphatic heterocycles. The lowest BCUT2D eigenvalue weighted by molar-refractivity contribution is -0.169. The van der Waals surface area contributed by atoms with Gasteiger partial charge in [0.2, 0.25) is 0 Å². The first kappa shape index (κ1) is 23.8. The van der Waals surface area contributed by atoms with E-state index in [0.29, 0.717) is 10.8 Å². The second-order valence-electron chi connectivity index (χ2n) is 9.88. The summed E-state index contributed by atoms with van der Waals surface area (Å²) in [7, 11) is 0. The van der Waals surface area contributed by atoms with E-state index in [0.717, 1.165) is 27.8 Å². The number of rotatable bonds is 4. The van der Waals surface area contributed by atoms with Crippen LogP contribution < -0.4 is 4.90 Å². The number of para-hydroxylation sites is 1. The molecule has 4 aromatic carbocycles. The number of carbonyl (C=O) groups excluding carboxylic acids is 4. The molecular formula is C32H22N2O6. The first-order valence-electron chi connectivity index (χ1n) is 12.9. The fourth-order valence-corrected chi connectivity index (χ4v) is 5.86. The van der Waals surface area contributed by atoms with Crippen molar-refractivity contribution in [3.8, 4) is 11.1 Å². The normalized spacial score (nSPS) is 16.9. The molecule has 0 radical (unpaired) electrons. The van der Waals surface area contributed by atoms with Crippen LogP contribution in [0.25, 0.3) is 11.1 Å². The van der Waals surface area contributed by atoms with E-state index >= 15 is 0 Å².